The number of carbonyl (C=O) groups is 1. The zero-order chi connectivity index (χ0) is 22.7. The predicted molar refractivity (Wildman–Crippen MR) is 114 cm³/mol. The maximum atomic E-state index is 13.5. The second-order valence-corrected chi connectivity index (χ2v) is 8.79. The highest BCUT2D eigenvalue weighted by Gasteiger charge is 2.34. The van der Waals surface area contributed by atoms with Gasteiger partial charge >= 0.3 is 6.18 Å². The van der Waals surface area contributed by atoms with Crippen molar-refractivity contribution in [3.63, 3.8) is 0 Å². The van der Waals surface area contributed by atoms with Gasteiger partial charge in [-0.05, 0) is 49.9 Å². The van der Waals surface area contributed by atoms with Gasteiger partial charge < -0.3 is 14.4 Å². The van der Waals surface area contributed by atoms with Crippen LogP contribution in [0, 0.1) is 0 Å². The number of ether oxygens (including phenoxy) is 2. The molecule has 6 nitrogen and oxygen atoms in total. The molecule has 2 aliphatic heterocycles. The van der Waals surface area contributed by atoms with Crippen LogP contribution < -0.4 is 9.47 Å². The number of hydrogen-bond acceptors (Lipinski definition) is 6. The first-order valence-electron chi connectivity index (χ1n) is 10.6. The minimum absolute atomic E-state index is 0.00835. The maximum Gasteiger partial charge on any atom is 0.433 e. The summed E-state index contributed by atoms with van der Waals surface area (Å²) in [5.41, 5.74) is -0.406. The number of alkyl halides is 3. The Hall–Kier alpha value is -2.49. The number of likely N-dealkylation sites (tertiary alicyclic amines) is 1. The Morgan fingerprint density at radius 1 is 1.19 bits per heavy atom. The summed E-state index contributed by atoms with van der Waals surface area (Å²) in [7, 11) is 0. The minimum atomic E-state index is -4.61. The van der Waals surface area contributed by atoms with Gasteiger partial charge in [0.25, 0.3) is 0 Å². The van der Waals surface area contributed by atoms with Crippen molar-refractivity contribution >= 4 is 17.7 Å². The van der Waals surface area contributed by atoms with Crippen LogP contribution in [-0.2, 0) is 11.0 Å². The molecule has 1 fully saturated rings. The van der Waals surface area contributed by atoms with Crippen LogP contribution in [0.1, 0.15) is 44.7 Å². The number of rotatable bonds is 6. The van der Waals surface area contributed by atoms with Gasteiger partial charge in [-0.2, -0.15) is 13.2 Å². The van der Waals surface area contributed by atoms with Crippen LogP contribution in [-0.4, -0.2) is 45.9 Å². The number of benzene rings is 1. The summed E-state index contributed by atoms with van der Waals surface area (Å²) in [5.74, 6) is 1.34. The fourth-order valence-electron chi connectivity index (χ4n) is 3.97. The highest BCUT2D eigenvalue weighted by atomic mass is 32.2. The number of thioether (sulfide) groups is 1. The van der Waals surface area contributed by atoms with Crippen molar-refractivity contribution in [1.82, 2.24) is 14.9 Å². The summed E-state index contributed by atoms with van der Waals surface area (Å²) in [5, 5.41) is -0.00835. The van der Waals surface area contributed by atoms with E-state index < -0.39 is 11.9 Å². The average molecular weight is 468 g/mol. The first kappa shape index (κ1) is 22.7. The molecule has 10 heteroatoms. The van der Waals surface area contributed by atoms with Gasteiger partial charge in [0.2, 0.25) is 12.7 Å². The van der Waals surface area contributed by atoms with Gasteiger partial charge in [-0.15, -0.1) is 0 Å². The predicted octanol–water partition coefficient (Wildman–Crippen LogP) is 5.16. The fourth-order valence-corrected chi connectivity index (χ4v) is 4.75. The number of nitrogens with zero attached hydrogens (tertiary/aromatic N) is 3. The quantitative estimate of drug-likeness (QED) is 0.432. The molecular weight excluding hydrogens is 443 g/mol. The zero-order valence-electron chi connectivity index (χ0n) is 17.7. The molecule has 1 unspecified atom stereocenters. The van der Waals surface area contributed by atoms with Crippen LogP contribution in [0.4, 0.5) is 13.2 Å². The van der Waals surface area contributed by atoms with E-state index in [1.807, 2.05) is 4.90 Å². The Kier molecular flexibility index (Phi) is 6.78. The third-order valence-corrected chi connectivity index (χ3v) is 6.48. The lowest BCUT2D eigenvalue weighted by Crippen LogP contribution is -2.43. The fraction of sp³-hybridized carbons (Fsp3) is 0.500. The van der Waals surface area contributed by atoms with Gasteiger partial charge in [0.15, 0.2) is 16.7 Å². The standard InChI is InChI=1S/C22H24F3N3O3S/c1-2-15-5-3-4-9-28(15)20(29)8-10-32-21-26-16(12-19(27-21)22(23,24)25)14-6-7-17-18(11-14)31-13-30-17/h6-7,11-12,15H,2-5,8-10,13H2,1H3. The third kappa shape index (κ3) is 5.11. The van der Waals surface area contributed by atoms with Gasteiger partial charge in [-0.1, -0.05) is 18.7 Å². The van der Waals surface area contributed by atoms with E-state index in [0.29, 0.717) is 22.8 Å². The summed E-state index contributed by atoms with van der Waals surface area (Å²) in [6.45, 7) is 2.89. The van der Waals surface area contributed by atoms with E-state index in [1.165, 1.54) is 0 Å². The van der Waals surface area contributed by atoms with E-state index in [9.17, 15) is 18.0 Å². The molecule has 1 aromatic heterocycles. The van der Waals surface area contributed by atoms with Gasteiger partial charge in [0.05, 0.1) is 5.69 Å². The second kappa shape index (κ2) is 9.56. The van der Waals surface area contributed by atoms with Crippen molar-refractivity contribution in [2.45, 2.75) is 56.4 Å². The SMILES string of the molecule is CCC1CCCCN1C(=O)CCSc1nc(-c2ccc3c(c2)OCO3)cc(C(F)(F)F)n1. The highest BCUT2D eigenvalue weighted by Crippen LogP contribution is 2.37. The van der Waals surface area contributed by atoms with Crippen LogP contribution in [0.15, 0.2) is 29.4 Å². The Balaban J connectivity index is 1.49. The molecular formula is C22H24F3N3O3S. The number of hydrogen-bond donors (Lipinski definition) is 0. The Morgan fingerprint density at radius 3 is 2.78 bits per heavy atom. The van der Waals surface area contributed by atoms with E-state index in [1.54, 1.807) is 18.2 Å². The molecule has 0 bridgehead atoms. The average Bonchev–Trinajstić information content (AvgIpc) is 3.26. The van der Waals surface area contributed by atoms with Gasteiger partial charge in [-0.3, -0.25) is 4.79 Å². The molecule has 32 heavy (non-hydrogen) atoms. The number of carbonyl (C=O) groups excluding carboxylic acids is 1. The summed E-state index contributed by atoms with van der Waals surface area (Å²) >= 11 is 1.06. The molecule has 2 aliphatic rings. The van der Waals surface area contributed by atoms with E-state index in [0.717, 1.165) is 50.1 Å². The lowest BCUT2D eigenvalue weighted by atomic mass is 10.00. The Morgan fingerprint density at radius 2 is 2.00 bits per heavy atom. The van der Waals surface area contributed by atoms with Crippen molar-refractivity contribution in [3.8, 4) is 22.8 Å². The van der Waals surface area contributed by atoms with E-state index >= 15 is 0 Å². The molecule has 1 amide bonds. The summed E-state index contributed by atoms with van der Waals surface area (Å²) < 4.78 is 50.9. The molecule has 172 valence electrons. The van der Waals surface area contributed by atoms with Gasteiger partial charge in [0, 0.05) is 30.3 Å². The molecule has 0 saturated carbocycles. The topological polar surface area (TPSA) is 64.6 Å². The summed E-state index contributed by atoms with van der Waals surface area (Å²) in [6, 6.07) is 6.05. The molecule has 2 aromatic rings. The molecule has 1 saturated heterocycles. The molecule has 0 N–H and O–H groups in total. The van der Waals surface area contributed by atoms with Crippen LogP contribution in [0.5, 0.6) is 11.5 Å². The molecule has 1 aromatic carbocycles. The van der Waals surface area contributed by atoms with Crippen molar-refractivity contribution in [2.24, 2.45) is 0 Å². The number of fused-ring (bicyclic) bond motifs is 1. The highest BCUT2D eigenvalue weighted by molar-refractivity contribution is 7.99. The van der Waals surface area contributed by atoms with Crippen LogP contribution in [0.25, 0.3) is 11.3 Å². The second-order valence-electron chi connectivity index (χ2n) is 7.73. The van der Waals surface area contributed by atoms with Crippen molar-refractivity contribution in [1.29, 1.82) is 0 Å². The first-order valence-corrected chi connectivity index (χ1v) is 11.6. The van der Waals surface area contributed by atoms with Crippen LogP contribution in [0.3, 0.4) is 0 Å². The summed E-state index contributed by atoms with van der Waals surface area (Å²) in [6.07, 6.45) is -0.344. The number of halogens is 3. The van der Waals surface area contributed by atoms with E-state index in [4.69, 9.17) is 9.47 Å². The molecule has 3 heterocycles. The normalized spacial score (nSPS) is 18.1. The van der Waals surface area contributed by atoms with E-state index in [-0.39, 0.29) is 36.0 Å². The van der Waals surface area contributed by atoms with Crippen molar-refractivity contribution in [2.75, 3.05) is 19.1 Å². The molecule has 0 aliphatic carbocycles. The third-order valence-electron chi connectivity index (χ3n) is 5.63. The lowest BCUT2D eigenvalue weighted by molar-refractivity contribution is -0.141. The maximum absolute atomic E-state index is 13.5. The monoisotopic (exact) mass is 467 g/mol. The molecule has 1 atom stereocenters. The number of amides is 1. The smallest absolute Gasteiger partial charge is 0.433 e. The molecule has 4 rings (SSSR count). The van der Waals surface area contributed by atoms with Crippen LogP contribution >= 0.6 is 11.8 Å². The van der Waals surface area contributed by atoms with Crippen LogP contribution in [0.2, 0.25) is 0 Å². The van der Waals surface area contributed by atoms with Gasteiger partial charge in [0.1, 0.15) is 5.69 Å². The van der Waals surface area contributed by atoms with E-state index in [2.05, 4.69) is 16.9 Å². The first-order chi connectivity index (χ1) is 15.3. The molecule has 0 radical (unpaired) electrons. The molecule has 0 spiro atoms. The Labute approximate surface area is 188 Å². The zero-order valence-corrected chi connectivity index (χ0v) is 18.5. The summed E-state index contributed by atoms with van der Waals surface area (Å²) in [4.78, 5) is 22.6. The number of aromatic nitrogens is 2. The van der Waals surface area contributed by atoms with Crippen molar-refractivity contribution < 1.29 is 27.4 Å². The van der Waals surface area contributed by atoms with Crippen molar-refractivity contribution in [3.05, 3.63) is 30.0 Å². The van der Waals surface area contributed by atoms with Gasteiger partial charge in [-0.25, -0.2) is 9.97 Å². The minimum Gasteiger partial charge on any atom is -0.454 e. The largest absolute Gasteiger partial charge is 0.454 e. The lowest BCUT2D eigenvalue weighted by Gasteiger charge is -2.35. The number of piperidine rings is 1. The Bertz CT molecular complexity index is 987.